The number of hydrogen-bond donors (Lipinski definition) is 4. The van der Waals surface area contributed by atoms with Crippen LogP contribution in [0.1, 0.15) is 0 Å². The molecule has 0 radical (unpaired) electrons. The summed E-state index contributed by atoms with van der Waals surface area (Å²) in [5.41, 5.74) is 16.6. The van der Waals surface area contributed by atoms with E-state index in [1.807, 2.05) is 121 Å². The predicted molar refractivity (Wildman–Crippen MR) is 148 cm³/mol. The molecule has 0 heterocycles. The van der Waals surface area contributed by atoms with Crippen molar-refractivity contribution in [1.29, 1.82) is 0 Å². The van der Waals surface area contributed by atoms with Crippen molar-refractivity contribution >= 4 is 34.1 Å². The maximum atomic E-state index is 6.23. The quantitative estimate of drug-likeness (QED) is 0.171. The summed E-state index contributed by atoms with van der Waals surface area (Å²) >= 11 is 0. The maximum absolute atomic E-state index is 6.23. The number of para-hydroxylation sites is 4. The van der Waals surface area contributed by atoms with E-state index in [1.165, 1.54) is 0 Å². The molecule has 5 aromatic carbocycles. The van der Waals surface area contributed by atoms with Gasteiger partial charge in [0.2, 0.25) is 0 Å². The molecule has 0 spiro atoms. The molecule has 36 heavy (non-hydrogen) atoms. The topological polar surface area (TPSA) is 94.6 Å². The Morgan fingerprint density at radius 1 is 0.444 bits per heavy atom. The van der Waals surface area contributed by atoms with Crippen molar-refractivity contribution in [3.05, 3.63) is 121 Å². The molecule has 0 fully saturated rings. The second kappa shape index (κ2) is 10.4. The van der Waals surface area contributed by atoms with Crippen LogP contribution in [0.25, 0.3) is 0 Å². The first-order valence-electron chi connectivity index (χ1n) is 11.5. The van der Waals surface area contributed by atoms with Gasteiger partial charge < -0.3 is 31.6 Å². The van der Waals surface area contributed by atoms with Crippen molar-refractivity contribution in [2.45, 2.75) is 0 Å². The van der Waals surface area contributed by atoms with Crippen LogP contribution in [-0.2, 0) is 0 Å². The standard InChI is InChI=1S/C30H26N4O2/c31-21-12-16-23(17-13-21)33-27-8-1-3-10-29(27)35-25-6-5-7-26(20-25)36-30-11-4-2-9-28(30)34-24-18-14-22(32)15-19-24/h1-20,33-34H,31-32H2. The molecule has 0 bridgehead atoms. The molecule has 178 valence electrons. The van der Waals surface area contributed by atoms with E-state index in [-0.39, 0.29) is 0 Å². The first-order valence-corrected chi connectivity index (χ1v) is 11.5. The van der Waals surface area contributed by atoms with Gasteiger partial charge in [0.1, 0.15) is 11.5 Å². The Morgan fingerprint density at radius 2 is 0.861 bits per heavy atom. The fraction of sp³-hybridized carbons (Fsp3) is 0. The number of anilines is 6. The summed E-state index contributed by atoms with van der Waals surface area (Å²) in [5.74, 6) is 2.69. The molecule has 0 atom stereocenters. The minimum absolute atomic E-state index is 0.656. The number of ether oxygens (including phenoxy) is 2. The number of nitrogens with two attached hydrogens (primary N) is 2. The lowest BCUT2D eigenvalue weighted by molar-refractivity contribution is 0.462. The van der Waals surface area contributed by atoms with Crippen LogP contribution >= 0.6 is 0 Å². The van der Waals surface area contributed by atoms with Gasteiger partial charge in [-0.15, -0.1) is 0 Å². The van der Waals surface area contributed by atoms with Crippen LogP contribution in [0.5, 0.6) is 23.0 Å². The predicted octanol–water partition coefficient (Wildman–Crippen LogP) is 7.92. The van der Waals surface area contributed by atoms with Gasteiger partial charge in [-0.25, -0.2) is 0 Å². The maximum Gasteiger partial charge on any atom is 0.150 e. The fourth-order valence-electron chi connectivity index (χ4n) is 3.62. The van der Waals surface area contributed by atoms with Gasteiger partial charge >= 0.3 is 0 Å². The molecule has 5 rings (SSSR count). The smallest absolute Gasteiger partial charge is 0.150 e. The van der Waals surface area contributed by atoms with Gasteiger partial charge in [-0.05, 0) is 84.9 Å². The van der Waals surface area contributed by atoms with Crippen molar-refractivity contribution in [2.24, 2.45) is 0 Å². The Labute approximate surface area is 210 Å². The van der Waals surface area contributed by atoms with E-state index in [1.54, 1.807) is 0 Å². The summed E-state index contributed by atoms with van der Waals surface area (Å²) in [7, 11) is 0. The molecule has 0 aliphatic rings. The monoisotopic (exact) mass is 474 g/mol. The van der Waals surface area contributed by atoms with E-state index >= 15 is 0 Å². The largest absolute Gasteiger partial charge is 0.455 e. The number of benzene rings is 5. The molecule has 0 unspecified atom stereocenters. The van der Waals surface area contributed by atoms with Crippen LogP contribution in [0, 0.1) is 0 Å². The highest BCUT2D eigenvalue weighted by molar-refractivity contribution is 5.69. The molecule has 6 N–H and O–H groups in total. The first kappa shape index (κ1) is 22.7. The zero-order valence-electron chi connectivity index (χ0n) is 19.5. The van der Waals surface area contributed by atoms with E-state index in [9.17, 15) is 0 Å². The van der Waals surface area contributed by atoms with Crippen LogP contribution in [-0.4, -0.2) is 0 Å². The van der Waals surface area contributed by atoms with Gasteiger partial charge in [-0.1, -0.05) is 30.3 Å². The average Bonchev–Trinajstić information content (AvgIpc) is 2.89. The van der Waals surface area contributed by atoms with E-state index in [0.29, 0.717) is 34.4 Å². The molecule has 6 nitrogen and oxygen atoms in total. The molecule has 6 heteroatoms. The molecular formula is C30H26N4O2. The first-order chi connectivity index (χ1) is 17.6. The Morgan fingerprint density at radius 3 is 1.31 bits per heavy atom. The fourth-order valence-corrected chi connectivity index (χ4v) is 3.62. The lowest BCUT2D eigenvalue weighted by atomic mass is 10.2. The normalized spacial score (nSPS) is 10.4. The van der Waals surface area contributed by atoms with Gasteiger partial charge in [0, 0.05) is 28.8 Å². The van der Waals surface area contributed by atoms with E-state index in [2.05, 4.69) is 10.6 Å². The molecule has 0 saturated carbocycles. The van der Waals surface area contributed by atoms with Crippen LogP contribution in [0.15, 0.2) is 121 Å². The molecule has 0 saturated heterocycles. The lowest BCUT2D eigenvalue weighted by Gasteiger charge is -2.15. The third kappa shape index (κ3) is 5.69. The lowest BCUT2D eigenvalue weighted by Crippen LogP contribution is -1.96. The molecule has 0 aliphatic heterocycles. The highest BCUT2D eigenvalue weighted by atomic mass is 16.5. The van der Waals surface area contributed by atoms with E-state index in [0.717, 1.165) is 22.7 Å². The van der Waals surface area contributed by atoms with Crippen LogP contribution in [0.4, 0.5) is 34.1 Å². The second-order valence-corrected chi connectivity index (χ2v) is 8.17. The number of nitrogen functional groups attached to an aromatic ring is 2. The summed E-state index contributed by atoms with van der Waals surface area (Å²) < 4.78 is 12.5. The minimum Gasteiger partial charge on any atom is -0.455 e. The summed E-state index contributed by atoms with van der Waals surface area (Å²) in [4.78, 5) is 0. The highest BCUT2D eigenvalue weighted by Crippen LogP contribution is 2.36. The summed E-state index contributed by atoms with van der Waals surface area (Å²) in [5, 5.41) is 6.76. The van der Waals surface area contributed by atoms with Crippen molar-refractivity contribution < 1.29 is 9.47 Å². The highest BCUT2D eigenvalue weighted by Gasteiger charge is 2.09. The summed E-state index contributed by atoms with van der Waals surface area (Å²) in [6.45, 7) is 0. The van der Waals surface area contributed by atoms with Crippen LogP contribution in [0.2, 0.25) is 0 Å². The minimum atomic E-state index is 0.656. The van der Waals surface area contributed by atoms with E-state index in [4.69, 9.17) is 20.9 Å². The van der Waals surface area contributed by atoms with Crippen LogP contribution in [0.3, 0.4) is 0 Å². The van der Waals surface area contributed by atoms with Gasteiger partial charge in [-0.3, -0.25) is 0 Å². The number of hydrogen-bond acceptors (Lipinski definition) is 6. The van der Waals surface area contributed by atoms with Gasteiger partial charge in [0.25, 0.3) is 0 Å². The van der Waals surface area contributed by atoms with Gasteiger partial charge in [0.15, 0.2) is 11.5 Å². The SMILES string of the molecule is Nc1ccc(Nc2ccccc2Oc2cccc(Oc3ccccc3Nc3ccc(N)cc3)c2)cc1. The van der Waals surface area contributed by atoms with Gasteiger partial charge in [-0.2, -0.15) is 0 Å². The zero-order valence-corrected chi connectivity index (χ0v) is 19.5. The molecule has 5 aromatic rings. The molecular weight excluding hydrogens is 448 g/mol. The van der Waals surface area contributed by atoms with Crippen molar-refractivity contribution in [3.8, 4) is 23.0 Å². The summed E-state index contributed by atoms with van der Waals surface area (Å²) in [6, 6.07) is 38.2. The Kier molecular flexibility index (Phi) is 6.58. The second-order valence-electron chi connectivity index (χ2n) is 8.17. The number of rotatable bonds is 8. The Bertz CT molecular complexity index is 1340. The molecule has 0 aromatic heterocycles. The van der Waals surface area contributed by atoms with E-state index < -0.39 is 0 Å². The summed E-state index contributed by atoms with van der Waals surface area (Å²) in [6.07, 6.45) is 0. The Hall–Kier alpha value is -5.10. The third-order valence-electron chi connectivity index (χ3n) is 5.41. The van der Waals surface area contributed by atoms with Crippen molar-refractivity contribution in [1.82, 2.24) is 0 Å². The number of nitrogens with one attached hydrogen (secondary N) is 2. The molecule has 0 amide bonds. The van der Waals surface area contributed by atoms with Crippen molar-refractivity contribution in [2.75, 3.05) is 22.1 Å². The average molecular weight is 475 g/mol. The van der Waals surface area contributed by atoms with Crippen LogP contribution < -0.4 is 31.6 Å². The van der Waals surface area contributed by atoms with Crippen molar-refractivity contribution in [3.63, 3.8) is 0 Å². The third-order valence-corrected chi connectivity index (χ3v) is 5.41. The van der Waals surface area contributed by atoms with Gasteiger partial charge in [0.05, 0.1) is 11.4 Å². The zero-order chi connectivity index (χ0) is 24.7. The Balaban J connectivity index is 1.33. The molecule has 0 aliphatic carbocycles.